The monoisotopic (exact) mass is 102 g/mol. The lowest BCUT2D eigenvalue weighted by molar-refractivity contribution is -0.121. The van der Waals surface area contributed by atoms with Crippen LogP contribution in [0.1, 0.15) is 6.92 Å². The molecule has 3 heteroatoms. The second-order valence-electron chi connectivity index (χ2n) is 1.22. The quantitative estimate of drug-likeness (QED) is 0.429. The molecule has 1 atom stereocenters. The van der Waals surface area contributed by atoms with Gasteiger partial charge in [-0.05, 0) is 6.92 Å². The van der Waals surface area contributed by atoms with Gasteiger partial charge in [-0.25, -0.2) is 0 Å². The normalized spacial score (nSPS) is 13.0. The molecule has 2 N–H and O–H groups in total. The Hall–Kier alpha value is -0.570. The molecule has 0 bridgehead atoms. The van der Waals surface area contributed by atoms with Crippen molar-refractivity contribution in [3.8, 4) is 0 Å². The Labute approximate surface area is 42.3 Å². The standard InChI is InChI=1S/C4H8NO2/c1-3(6)5-4(2)7/h3,6H,1H2,2H3,(H,5,7)/t3-/m0/s1. The SMILES string of the molecule is [CH2][C@H](O)NC(C)=O. The number of carbonyl (C=O) groups is 1. The van der Waals surface area contributed by atoms with Gasteiger partial charge < -0.3 is 10.4 Å². The molecule has 1 radical (unpaired) electrons. The van der Waals surface area contributed by atoms with Gasteiger partial charge in [-0.2, -0.15) is 0 Å². The van der Waals surface area contributed by atoms with Crippen LogP contribution in [0.15, 0.2) is 0 Å². The summed E-state index contributed by atoms with van der Waals surface area (Å²) in [5, 5.41) is 10.4. The highest BCUT2D eigenvalue weighted by molar-refractivity contribution is 5.72. The van der Waals surface area contributed by atoms with E-state index in [2.05, 4.69) is 12.2 Å². The van der Waals surface area contributed by atoms with Crippen LogP contribution in [0.4, 0.5) is 0 Å². The van der Waals surface area contributed by atoms with Crippen LogP contribution in [0.3, 0.4) is 0 Å². The molecule has 41 valence electrons. The number of rotatable bonds is 1. The molecule has 0 aromatic heterocycles. The Morgan fingerprint density at radius 3 is 2.43 bits per heavy atom. The van der Waals surface area contributed by atoms with E-state index in [4.69, 9.17) is 5.11 Å². The first-order valence-corrected chi connectivity index (χ1v) is 1.91. The summed E-state index contributed by atoms with van der Waals surface area (Å²) in [7, 11) is 0. The molecule has 0 aliphatic carbocycles. The lowest BCUT2D eigenvalue weighted by Crippen LogP contribution is -2.29. The molecule has 3 nitrogen and oxygen atoms in total. The Morgan fingerprint density at radius 2 is 2.43 bits per heavy atom. The van der Waals surface area contributed by atoms with Crippen LogP contribution in [-0.2, 0) is 4.79 Å². The van der Waals surface area contributed by atoms with E-state index in [9.17, 15) is 4.79 Å². The van der Waals surface area contributed by atoms with Gasteiger partial charge in [0.15, 0.2) is 0 Å². The van der Waals surface area contributed by atoms with Crippen molar-refractivity contribution in [3.63, 3.8) is 0 Å². The van der Waals surface area contributed by atoms with Gasteiger partial charge in [0.25, 0.3) is 0 Å². The van der Waals surface area contributed by atoms with E-state index >= 15 is 0 Å². The molecule has 0 aromatic rings. The minimum atomic E-state index is -0.975. The van der Waals surface area contributed by atoms with Gasteiger partial charge in [0.1, 0.15) is 6.23 Å². The molecule has 0 spiro atoms. The van der Waals surface area contributed by atoms with Crippen LogP contribution in [0.5, 0.6) is 0 Å². The molecule has 0 rings (SSSR count). The van der Waals surface area contributed by atoms with E-state index in [1.165, 1.54) is 6.92 Å². The first-order valence-electron chi connectivity index (χ1n) is 1.91. The maximum atomic E-state index is 9.94. The van der Waals surface area contributed by atoms with Crippen LogP contribution >= 0.6 is 0 Å². The zero-order valence-corrected chi connectivity index (χ0v) is 4.14. The summed E-state index contributed by atoms with van der Waals surface area (Å²) in [5.41, 5.74) is 0. The van der Waals surface area contributed by atoms with Crippen molar-refractivity contribution in [2.45, 2.75) is 13.2 Å². The summed E-state index contributed by atoms with van der Waals surface area (Å²) in [6.45, 7) is 4.42. The molecule has 0 saturated heterocycles. The van der Waals surface area contributed by atoms with Gasteiger partial charge in [-0.1, -0.05) is 0 Å². The molecule has 7 heavy (non-hydrogen) atoms. The first kappa shape index (κ1) is 6.43. The molecule has 0 aliphatic heterocycles. The summed E-state index contributed by atoms with van der Waals surface area (Å²) in [5.74, 6) is -0.275. The third-order valence-corrected chi connectivity index (χ3v) is 0.370. The predicted octanol–water partition coefficient (Wildman–Crippen LogP) is -0.725. The molecule has 0 aromatic carbocycles. The topological polar surface area (TPSA) is 49.3 Å². The highest BCUT2D eigenvalue weighted by Crippen LogP contribution is 1.67. The number of carbonyl (C=O) groups excluding carboxylic acids is 1. The highest BCUT2D eigenvalue weighted by atomic mass is 16.3. The second kappa shape index (κ2) is 2.58. The van der Waals surface area contributed by atoms with E-state index in [1.807, 2.05) is 0 Å². The zero-order chi connectivity index (χ0) is 5.86. The number of nitrogens with one attached hydrogen (secondary N) is 1. The second-order valence-corrected chi connectivity index (χ2v) is 1.22. The first-order chi connectivity index (χ1) is 3.13. The molecule has 0 unspecified atom stereocenters. The Kier molecular flexibility index (Phi) is 2.37. The van der Waals surface area contributed by atoms with Gasteiger partial charge in [0.2, 0.25) is 5.91 Å². The van der Waals surface area contributed by atoms with Crippen LogP contribution in [0.25, 0.3) is 0 Å². The number of hydrogen-bond donors (Lipinski definition) is 2. The fourth-order valence-corrected chi connectivity index (χ4v) is 0.235. The van der Waals surface area contributed by atoms with Gasteiger partial charge in [0.05, 0.1) is 0 Å². The number of amides is 1. The van der Waals surface area contributed by atoms with Crippen LogP contribution in [0, 0.1) is 6.92 Å². The number of aliphatic hydroxyl groups is 1. The van der Waals surface area contributed by atoms with Crippen LogP contribution in [0.2, 0.25) is 0 Å². The minimum Gasteiger partial charge on any atom is -0.374 e. The Morgan fingerprint density at radius 1 is 2.00 bits per heavy atom. The molecule has 1 amide bonds. The summed E-state index contributed by atoms with van der Waals surface area (Å²) in [4.78, 5) is 9.94. The van der Waals surface area contributed by atoms with E-state index in [0.717, 1.165) is 0 Å². The van der Waals surface area contributed by atoms with E-state index in [1.54, 1.807) is 0 Å². The van der Waals surface area contributed by atoms with Crippen LogP contribution < -0.4 is 5.32 Å². The summed E-state index contributed by atoms with van der Waals surface area (Å²) in [6, 6.07) is 0. The molecule has 0 saturated carbocycles. The van der Waals surface area contributed by atoms with Crippen molar-refractivity contribution < 1.29 is 9.90 Å². The average molecular weight is 102 g/mol. The van der Waals surface area contributed by atoms with Crippen molar-refractivity contribution in [3.05, 3.63) is 6.92 Å². The van der Waals surface area contributed by atoms with Crippen molar-refractivity contribution in [2.24, 2.45) is 0 Å². The molecular formula is C4H8NO2. The lowest BCUT2D eigenvalue weighted by atomic mass is 10.6. The molecule has 0 heterocycles. The van der Waals surface area contributed by atoms with E-state index < -0.39 is 6.23 Å². The third-order valence-electron chi connectivity index (χ3n) is 0.370. The Balaban J connectivity index is 3.13. The number of hydrogen-bond acceptors (Lipinski definition) is 2. The highest BCUT2D eigenvalue weighted by Gasteiger charge is 1.92. The summed E-state index contributed by atoms with van der Waals surface area (Å²) < 4.78 is 0. The predicted molar refractivity (Wildman–Crippen MR) is 25.2 cm³/mol. The zero-order valence-electron chi connectivity index (χ0n) is 4.14. The molecule has 0 fully saturated rings. The fourth-order valence-electron chi connectivity index (χ4n) is 0.235. The van der Waals surface area contributed by atoms with Crippen molar-refractivity contribution in [1.29, 1.82) is 0 Å². The minimum absolute atomic E-state index is 0.275. The van der Waals surface area contributed by atoms with E-state index in [-0.39, 0.29) is 5.91 Å². The maximum Gasteiger partial charge on any atom is 0.218 e. The van der Waals surface area contributed by atoms with Crippen molar-refractivity contribution >= 4 is 5.91 Å². The summed E-state index contributed by atoms with van der Waals surface area (Å²) in [6.07, 6.45) is -0.975. The third kappa shape index (κ3) is 5.43. The number of aliphatic hydroxyl groups excluding tert-OH is 1. The van der Waals surface area contributed by atoms with Crippen molar-refractivity contribution in [2.75, 3.05) is 0 Å². The largest absolute Gasteiger partial charge is 0.374 e. The van der Waals surface area contributed by atoms with E-state index in [0.29, 0.717) is 0 Å². The molecule has 0 aliphatic rings. The average Bonchev–Trinajstić information content (AvgIpc) is 1.27. The van der Waals surface area contributed by atoms with Gasteiger partial charge in [-0.3, -0.25) is 4.79 Å². The molecular weight excluding hydrogens is 94.0 g/mol. The van der Waals surface area contributed by atoms with Gasteiger partial charge >= 0.3 is 0 Å². The summed E-state index contributed by atoms with van der Waals surface area (Å²) >= 11 is 0. The fraction of sp³-hybridized carbons (Fsp3) is 0.500. The van der Waals surface area contributed by atoms with Crippen LogP contribution in [-0.4, -0.2) is 17.2 Å². The Bertz CT molecular complexity index is 70.1. The van der Waals surface area contributed by atoms with Gasteiger partial charge in [0, 0.05) is 6.92 Å². The lowest BCUT2D eigenvalue weighted by Gasteiger charge is -2.00. The smallest absolute Gasteiger partial charge is 0.218 e. The van der Waals surface area contributed by atoms with Gasteiger partial charge in [-0.15, -0.1) is 0 Å². The van der Waals surface area contributed by atoms with Crippen molar-refractivity contribution in [1.82, 2.24) is 5.32 Å². The maximum absolute atomic E-state index is 9.94.